The highest BCUT2D eigenvalue weighted by Gasteiger charge is 2.17. The van der Waals surface area contributed by atoms with Gasteiger partial charge in [0, 0.05) is 20.5 Å². The smallest absolute Gasteiger partial charge is 0.224 e. The number of hydrogen-bond acceptors (Lipinski definition) is 4. The fourth-order valence-corrected chi connectivity index (χ4v) is 3.17. The Morgan fingerprint density at radius 2 is 2.13 bits per heavy atom. The molecule has 2 rings (SSSR count). The maximum atomic E-state index is 4.22. The van der Waals surface area contributed by atoms with Crippen LogP contribution >= 0.6 is 11.8 Å². The van der Waals surface area contributed by atoms with Gasteiger partial charge in [-0.25, -0.2) is 0 Å². The van der Waals surface area contributed by atoms with Crippen LogP contribution in [-0.2, 0) is 13.5 Å². The molecule has 5 heteroatoms. The second kappa shape index (κ2) is 4.88. The Balaban J connectivity index is 2.00. The summed E-state index contributed by atoms with van der Waals surface area (Å²) in [6.45, 7) is 0. The molecule has 1 aromatic heterocycles. The van der Waals surface area contributed by atoms with Crippen molar-refractivity contribution in [2.24, 2.45) is 13.0 Å². The maximum absolute atomic E-state index is 4.22. The molecule has 0 spiro atoms. The summed E-state index contributed by atoms with van der Waals surface area (Å²) in [4.78, 5) is 0. The standard InChI is InChI=1S/C10H18N4S/c1-11-10-13-12-9(14(10)2)7-8-3-5-15-6-4-8/h8H,3-7H2,1-2H3,(H,11,13). The van der Waals surface area contributed by atoms with E-state index in [2.05, 4.69) is 31.8 Å². The van der Waals surface area contributed by atoms with Crippen LogP contribution in [0.1, 0.15) is 18.7 Å². The molecule has 0 aromatic carbocycles. The van der Waals surface area contributed by atoms with E-state index in [0.717, 1.165) is 24.1 Å². The lowest BCUT2D eigenvalue weighted by Gasteiger charge is -2.20. The first-order chi connectivity index (χ1) is 7.31. The van der Waals surface area contributed by atoms with E-state index in [1.54, 1.807) is 0 Å². The van der Waals surface area contributed by atoms with Crippen LogP contribution in [0.5, 0.6) is 0 Å². The lowest BCUT2D eigenvalue weighted by Crippen LogP contribution is -2.15. The van der Waals surface area contributed by atoms with Crippen LogP contribution in [-0.4, -0.2) is 33.3 Å². The summed E-state index contributed by atoms with van der Waals surface area (Å²) >= 11 is 2.07. The summed E-state index contributed by atoms with van der Waals surface area (Å²) < 4.78 is 2.06. The zero-order chi connectivity index (χ0) is 10.7. The Morgan fingerprint density at radius 1 is 1.40 bits per heavy atom. The van der Waals surface area contributed by atoms with Gasteiger partial charge in [-0.1, -0.05) is 0 Å². The number of anilines is 1. The van der Waals surface area contributed by atoms with Gasteiger partial charge < -0.3 is 9.88 Å². The molecule has 84 valence electrons. The quantitative estimate of drug-likeness (QED) is 0.849. The number of nitrogens with one attached hydrogen (secondary N) is 1. The van der Waals surface area contributed by atoms with Crippen LogP contribution in [0, 0.1) is 5.92 Å². The maximum Gasteiger partial charge on any atom is 0.224 e. The van der Waals surface area contributed by atoms with Gasteiger partial charge in [0.25, 0.3) is 0 Å². The number of thioether (sulfide) groups is 1. The van der Waals surface area contributed by atoms with E-state index >= 15 is 0 Å². The van der Waals surface area contributed by atoms with Crippen molar-refractivity contribution in [2.75, 3.05) is 23.9 Å². The highest BCUT2D eigenvalue weighted by molar-refractivity contribution is 7.99. The molecular formula is C10H18N4S. The largest absolute Gasteiger partial charge is 0.357 e. The minimum absolute atomic E-state index is 0.804. The first-order valence-corrected chi connectivity index (χ1v) is 6.60. The molecule has 0 amide bonds. The Bertz CT molecular complexity index is 317. The fraction of sp³-hybridized carbons (Fsp3) is 0.800. The normalized spacial score (nSPS) is 18.0. The number of aromatic nitrogens is 3. The first-order valence-electron chi connectivity index (χ1n) is 5.45. The summed E-state index contributed by atoms with van der Waals surface area (Å²) in [5, 5.41) is 11.4. The fourth-order valence-electron chi connectivity index (χ4n) is 1.97. The van der Waals surface area contributed by atoms with Crippen LogP contribution in [0.15, 0.2) is 0 Å². The van der Waals surface area contributed by atoms with Gasteiger partial charge in [0.05, 0.1) is 0 Å². The van der Waals surface area contributed by atoms with Gasteiger partial charge in [0.15, 0.2) is 0 Å². The van der Waals surface area contributed by atoms with Gasteiger partial charge in [-0.05, 0) is 30.3 Å². The third-order valence-electron chi connectivity index (χ3n) is 3.00. The highest BCUT2D eigenvalue weighted by atomic mass is 32.2. The van der Waals surface area contributed by atoms with Crippen LogP contribution in [0.4, 0.5) is 5.95 Å². The lowest BCUT2D eigenvalue weighted by atomic mass is 9.98. The van der Waals surface area contributed by atoms with Crippen molar-refractivity contribution in [2.45, 2.75) is 19.3 Å². The Kier molecular flexibility index (Phi) is 3.51. The molecule has 0 aliphatic carbocycles. The third-order valence-corrected chi connectivity index (χ3v) is 4.05. The van der Waals surface area contributed by atoms with Crippen molar-refractivity contribution in [1.82, 2.24) is 14.8 Å². The molecule has 1 N–H and O–H groups in total. The van der Waals surface area contributed by atoms with Crippen LogP contribution < -0.4 is 5.32 Å². The third kappa shape index (κ3) is 2.45. The predicted octanol–water partition coefficient (Wildman–Crippen LogP) is 1.54. The van der Waals surface area contributed by atoms with E-state index in [1.807, 2.05) is 14.1 Å². The molecular weight excluding hydrogens is 208 g/mol. The van der Waals surface area contributed by atoms with Gasteiger partial charge in [0.1, 0.15) is 5.82 Å². The van der Waals surface area contributed by atoms with E-state index in [9.17, 15) is 0 Å². The van der Waals surface area contributed by atoms with E-state index in [-0.39, 0.29) is 0 Å². The number of rotatable bonds is 3. The molecule has 1 aliphatic heterocycles. The molecule has 0 saturated carbocycles. The van der Waals surface area contributed by atoms with E-state index in [4.69, 9.17) is 0 Å². The zero-order valence-electron chi connectivity index (χ0n) is 9.36. The minimum atomic E-state index is 0.804. The zero-order valence-corrected chi connectivity index (χ0v) is 10.2. The van der Waals surface area contributed by atoms with Gasteiger partial charge >= 0.3 is 0 Å². The second-order valence-electron chi connectivity index (χ2n) is 4.01. The van der Waals surface area contributed by atoms with E-state index in [0.29, 0.717) is 0 Å². The first kappa shape index (κ1) is 10.8. The van der Waals surface area contributed by atoms with Crippen LogP contribution in [0.25, 0.3) is 0 Å². The Labute approximate surface area is 94.8 Å². The van der Waals surface area contributed by atoms with Crippen molar-refractivity contribution in [1.29, 1.82) is 0 Å². The molecule has 0 radical (unpaired) electrons. The van der Waals surface area contributed by atoms with E-state index in [1.165, 1.54) is 24.3 Å². The second-order valence-corrected chi connectivity index (χ2v) is 5.23. The molecule has 0 bridgehead atoms. The number of nitrogens with zero attached hydrogens (tertiary/aromatic N) is 3. The average Bonchev–Trinajstić information content (AvgIpc) is 2.62. The molecule has 1 saturated heterocycles. The van der Waals surface area contributed by atoms with Crippen LogP contribution in [0.3, 0.4) is 0 Å². The van der Waals surface area contributed by atoms with Gasteiger partial charge in [-0.15, -0.1) is 10.2 Å². The SMILES string of the molecule is CNc1nnc(CC2CCSCC2)n1C. The molecule has 1 fully saturated rings. The van der Waals surface area contributed by atoms with Crippen molar-refractivity contribution in [3.63, 3.8) is 0 Å². The highest BCUT2D eigenvalue weighted by Crippen LogP contribution is 2.25. The Hall–Kier alpha value is -0.710. The summed E-state index contributed by atoms with van der Waals surface area (Å²) in [6, 6.07) is 0. The average molecular weight is 226 g/mol. The van der Waals surface area contributed by atoms with Crippen molar-refractivity contribution in [3.8, 4) is 0 Å². The van der Waals surface area contributed by atoms with Gasteiger partial charge in [-0.2, -0.15) is 11.8 Å². The summed E-state index contributed by atoms with van der Waals surface area (Å²) in [6.07, 6.45) is 3.73. The van der Waals surface area contributed by atoms with Crippen molar-refractivity contribution in [3.05, 3.63) is 5.82 Å². The predicted molar refractivity (Wildman–Crippen MR) is 64.3 cm³/mol. The summed E-state index contributed by atoms with van der Waals surface area (Å²) in [5.74, 6) is 5.38. The number of hydrogen-bond donors (Lipinski definition) is 1. The molecule has 15 heavy (non-hydrogen) atoms. The Morgan fingerprint density at radius 3 is 2.73 bits per heavy atom. The summed E-state index contributed by atoms with van der Waals surface area (Å²) in [7, 11) is 3.91. The summed E-state index contributed by atoms with van der Waals surface area (Å²) in [5.41, 5.74) is 0. The molecule has 0 unspecified atom stereocenters. The van der Waals surface area contributed by atoms with Crippen LogP contribution in [0.2, 0.25) is 0 Å². The lowest BCUT2D eigenvalue weighted by molar-refractivity contribution is 0.469. The van der Waals surface area contributed by atoms with Gasteiger partial charge in [0.2, 0.25) is 5.95 Å². The minimum Gasteiger partial charge on any atom is -0.357 e. The molecule has 0 atom stereocenters. The van der Waals surface area contributed by atoms with Crippen molar-refractivity contribution < 1.29 is 0 Å². The van der Waals surface area contributed by atoms with E-state index < -0.39 is 0 Å². The molecule has 4 nitrogen and oxygen atoms in total. The van der Waals surface area contributed by atoms with Crippen molar-refractivity contribution >= 4 is 17.7 Å². The monoisotopic (exact) mass is 226 g/mol. The van der Waals surface area contributed by atoms with Gasteiger partial charge in [-0.3, -0.25) is 0 Å². The topological polar surface area (TPSA) is 42.7 Å². The molecule has 1 aliphatic rings. The molecule has 2 heterocycles. The molecule has 1 aromatic rings.